The summed E-state index contributed by atoms with van der Waals surface area (Å²) >= 11 is 0. The lowest BCUT2D eigenvalue weighted by atomic mass is 9.93. The van der Waals surface area contributed by atoms with Crippen LogP contribution in [0.25, 0.3) is 0 Å². The number of morpholine rings is 1. The van der Waals surface area contributed by atoms with Crippen LogP contribution < -0.4 is 20.1 Å². The summed E-state index contributed by atoms with van der Waals surface area (Å²) in [6.07, 6.45) is 5.17. The highest BCUT2D eigenvalue weighted by molar-refractivity contribution is 5.85. The minimum Gasteiger partial charge on any atom is -0.497 e. The Bertz CT molecular complexity index is 619. The second-order valence-corrected chi connectivity index (χ2v) is 8.45. The number of nitrogens with one attached hydrogen (secondary N) is 2. The number of hydrogen-bond donors (Lipinski definition) is 2. The third-order valence-corrected chi connectivity index (χ3v) is 6.58. The molecule has 0 spiro atoms. The number of ether oxygens (including phenoxy) is 3. The van der Waals surface area contributed by atoms with E-state index in [1.54, 1.807) is 14.2 Å². The molecule has 0 radical (unpaired) electrons. The lowest BCUT2D eigenvalue weighted by Crippen LogP contribution is -2.52. The van der Waals surface area contributed by atoms with E-state index in [0.717, 1.165) is 50.9 Å². The van der Waals surface area contributed by atoms with Crippen LogP contribution in [0.4, 0.5) is 0 Å². The molecular formula is C22H36ClN3O3. The molecule has 2 saturated heterocycles. The first-order valence-electron chi connectivity index (χ1n) is 10.8. The molecule has 4 rings (SSSR count). The van der Waals surface area contributed by atoms with Crippen molar-refractivity contribution in [1.82, 2.24) is 15.5 Å². The lowest BCUT2D eigenvalue weighted by Gasteiger charge is -2.34. The van der Waals surface area contributed by atoms with Crippen molar-refractivity contribution in [3.63, 3.8) is 0 Å². The van der Waals surface area contributed by atoms with Gasteiger partial charge in [0.05, 0.1) is 27.4 Å². The summed E-state index contributed by atoms with van der Waals surface area (Å²) in [6, 6.07) is 7.90. The predicted molar refractivity (Wildman–Crippen MR) is 117 cm³/mol. The number of rotatable bonds is 7. The fourth-order valence-corrected chi connectivity index (χ4v) is 5.17. The number of benzene rings is 1. The minimum absolute atomic E-state index is 0. The monoisotopic (exact) mass is 425 g/mol. The van der Waals surface area contributed by atoms with E-state index in [9.17, 15) is 0 Å². The van der Waals surface area contributed by atoms with Crippen molar-refractivity contribution in [2.45, 2.75) is 50.4 Å². The van der Waals surface area contributed by atoms with Gasteiger partial charge in [0.15, 0.2) is 0 Å². The maximum Gasteiger partial charge on any atom is 0.122 e. The first-order valence-corrected chi connectivity index (χ1v) is 10.8. The molecule has 1 aromatic rings. The third-order valence-electron chi connectivity index (χ3n) is 6.58. The van der Waals surface area contributed by atoms with Crippen LogP contribution in [0.2, 0.25) is 0 Å². The molecule has 2 aliphatic heterocycles. The molecule has 7 heteroatoms. The highest BCUT2D eigenvalue weighted by atomic mass is 35.5. The topological polar surface area (TPSA) is 55.0 Å². The standard InChI is InChI=1S/C22H35N3O3.ClH/c1-26-18-10-16(11-19(12-18)27-2)13-25-8-6-17(14-25)24-21-5-3-4-20(21)22-15-28-9-7-23-22;/h10-12,17,20-24H,3-9,13-15H2,1-2H3;1H. The fraction of sp³-hybridized carbons (Fsp3) is 0.727. The van der Waals surface area contributed by atoms with Gasteiger partial charge < -0.3 is 24.8 Å². The normalized spacial score (nSPS) is 30.1. The van der Waals surface area contributed by atoms with Gasteiger partial charge in [0.25, 0.3) is 0 Å². The number of hydrogen-bond acceptors (Lipinski definition) is 6. The molecule has 0 amide bonds. The summed E-state index contributed by atoms with van der Waals surface area (Å²) in [6.45, 7) is 5.91. The van der Waals surface area contributed by atoms with E-state index in [0.29, 0.717) is 24.0 Å². The van der Waals surface area contributed by atoms with Crippen molar-refractivity contribution in [3.05, 3.63) is 23.8 Å². The Morgan fingerprint density at radius 1 is 1.14 bits per heavy atom. The van der Waals surface area contributed by atoms with Crippen LogP contribution in [0, 0.1) is 5.92 Å². The Morgan fingerprint density at radius 2 is 1.93 bits per heavy atom. The molecule has 29 heavy (non-hydrogen) atoms. The van der Waals surface area contributed by atoms with Crippen molar-refractivity contribution in [2.24, 2.45) is 5.92 Å². The van der Waals surface area contributed by atoms with Crippen LogP contribution in [0.1, 0.15) is 31.2 Å². The highest BCUT2D eigenvalue weighted by Crippen LogP contribution is 2.31. The van der Waals surface area contributed by atoms with Crippen LogP contribution in [-0.4, -0.2) is 70.1 Å². The molecule has 1 aromatic carbocycles. The maximum absolute atomic E-state index is 5.72. The molecule has 2 heterocycles. The van der Waals surface area contributed by atoms with Gasteiger partial charge in [0.1, 0.15) is 11.5 Å². The minimum atomic E-state index is 0. The average molecular weight is 426 g/mol. The largest absolute Gasteiger partial charge is 0.497 e. The van der Waals surface area contributed by atoms with Crippen molar-refractivity contribution in [2.75, 3.05) is 47.1 Å². The van der Waals surface area contributed by atoms with Gasteiger partial charge in [0, 0.05) is 50.4 Å². The smallest absolute Gasteiger partial charge is 0.122 e. The molecule has 6 nitrogen and oxygen atoms in total. The zero-order chi connectivity index (χ0) is 19.3. The molecule has 4 atom stereocenters. The molecule has 164 valence electrons. The van der Waals surface area contributed by atoms with Crippen molar-refractivity contribution < 1.29 is 14.2 Å². The van der Waals surface area contributed by atoms with Gasteiger partial charge in [-0.2, -0.15) is 0 Å². The second-order valence-electron chi connectivity index (χ2n) is 8.45. The van der Waals surface area contributed by atoms with Gasteiger partial charge in [-0.3, -0.25) is 4.90 Å². The van der Waals surface area contributed by atoms with Gasteiger partial charge in [-0.1, -0.05) is 6.42 Å². The van der Waals surface area contributed by atoms with Crippen LogP contribution in [0.15, 0.2) is 18.2 Å². The molecule has 0 aromatic heterocycles. The Morgan fingerprint density at radius 3 is 2.62 bits per heavy atom. The first kappa shape index (κ1) is 22.6. The van der Waals surface area contributed by atoms with Gasteiger partial charge in [0.2, 0.25) is 0 Å². The summed E-state index contributed by atoms with van der Waals surface area (Å²) in [5.74, 6) is 2.43. The molecule has 3 aliphatic rings. The Hall–Kier alpha value is -1.05. The second kappa shape index (κ2) is 10.8. The molecule has 1 aliphatic carbocycles. The highest BCUT2D eigenvalue weighted by Gasteiger charge is 2.36. The molecule has 3 fully saturated rings. The molecule has 4 unspecified atom stereocenters. The van der Waals surface area contributed by atoms with E-state index in [4.69, 9.17) is 14.2 Å². The summed E-state index contributed by atoms with van der Waals surface area (Å²) < 4.78 is 16.5. The van der Waals surface area contributed by atoms with Gasteiger partial charge >= 0.3 is 0 Å². The maximum atomic E-state index is 5.72. The van der Waals surface area contributed by atoms with Crippen molar-refractivity contribution in [1.29, 1.82) is 0 Å². The van der Waals surface area contributed by atoms with E-state index in [2.05, 4.69) is 27.7 Å². The van der Waals surface area contributed by atoms with E-state index in [1.165, 1.54) is 31.2 Å². The Labute approximate surface area is 181 Å². The van der Waals surface area contributed by atoms with Gasteiger partial charge in [-0.25, -0.2) is 0 Å². The van der Waals surface area contributed by atoms with Gasteiger partial charge in [-0.15, -0.1) is 12.4 Å². The third kappa shape index (κ3) is 5.76. The SMILES string of the molecule is COc1cc(CN2CCC(NC3CCCC3C3COCCN3)C2)cc(OC)c1.Cl. The zero-order valence-corrected chi connectivity index (χ0v) is 18.5. The van der Waals surface area contributed by atoms with Crippen LogP contribution in [0.5, 0.6) is 11.5 Å². The summed E-state index contributed by atoms with van der Waals surface area (Å²) in [7, 11) is 3.41. The van der Waals surface area contributed by atoms with Gasteiger partial charge in [-0.05, 0) is 42.9 Å². The van der Waals surface area contributed by atoms with E-state index >= 15 is 0 Å². The fourth-order valence-electron chi connectivity index (χ4n) is 5.17. The summed E-state index contributed by atoms with van der Waals surface area (Å²) in [4.78, 5) is 2.54. The number of nitrogens with zero attached hydrogens (tertiary/aromatic N) is 1. The quantitative estimate of drug-likeness (QED) is 0.699. The molecule has 2 N–H and O–H groups in total. The average Bonchev–Trinajstić information content (AvgIpc) is 3.38. The lowest BCUT2D eigenvalue weighted by molar-refractivity contribution is 0.0517. The summed E-state index contributed by atoms with van der Waals surface area (Å²) in [5, 5.41) is 7.68. The van der Waals surface area contributed by atoms with E-state index in [-0.39, 0.29) is 12.4 Å². The number of likely N-dealkylation sites (tertiary alicyclic amines) is 1. The zero-order valence-electron chi connectivity index (χ0n) is 17.7. The Balaban J connectivity index is 0.00000240. The van der Waals surface area contributed by atoms with E-state index in [1.807, 2.05) is 6.07 Å². The van der Waals surface area contributed by atoms with E-state index < -0.39 is 0 Å². The molecule has 1 saturated carbocycles. The van der Waals surface area contributed by atoms with Crippen molar-refractivity contribution >= 4 is 12.4 Å². The molecule has 0 bridgehead atoms. The number of halogens is 1. The number of methoxy groups -OCH3 is 2. The van der Waals surface area contributed by atoms with Crippen LogP contribution in [-0.2, 0) is 11.3 Å². The summed E-state index contributed by atoms with van der Waals surface area (Å²) in [5.41, 5.74) is 1.25. The predicted octanol–water partition coefficient (Wildman–Crippen LogP) is 2.45. The van der Waals surface area contributed by atoms with Crippen LogP contribution >= 0.6 is 12.4 Å². The molecular weight excluding hydrogens is 390 g/mol. The first-order chi connectivity index (χ1) is 13.7. The van der Waals surface area contributed by atoms with Crippen LogP contribution in [0.3, 0.4) is 0 Å². The van der Waals surface area contributed by atoms with Crippen molar-refractivity contribution in [3.8, 4) is 11.5 Å². The Kier molecular flexibility index (Phi) is 8.45.